The monoisotopic (exact) mass is 425 g/mol. The number of anilines is 1. The van der Waals surface area contributed by atoms with Crippen LogP contribution in [0, 0.1) is 0 Å². The van der Waals surface area contributed by atoms with Gasteiger partial charge in [-0.25, -0.2) is 13.1 Å². The maximum atomic E-state index is 12.4. The van der Waals surface area contributed by atoms with Gasteiger partial charge in [0.25, 0.3) is 5.91 Å². The molecule has 1 heterocycles. The number of halogens is 1. The van der Waals surface area contributed by atoms with E-state index in [1.165, 1.54) is 6.08 Å². The van der Waals surface area contributed by atoms with E-state index < -0.39 is 10.0 Å². The summed E-state index contributed by atoms with van der Waals surface area (Å²) in [6, 6.07) is 8.48. The van der Waals surface area contributed by atoms with Gasteiger partial charge < -0.3 is 9.88 Å². The Morgan fingerprint density at radius 2 is 2.00 bits per heavy atom. The van der Waals surface area contributed by atoms with Gasteiger partial charge in [0.2, 0.25) is 10.0 Å². The van der Waals surface area contributed by atoms with E-state index in [0.29, 0.717) is 23.5 Å². The molecule has 1 amide bonds. The van der Waals surface area contributed by atoms with Crippen LogP contribution in [-0.4, -0.2) is 25.4 Å². The maximum absolute atomic E-state index is 12.4. The fraction of sp³-hybridized carbons (Fsp3) is 0.235. The van der Waals surface area contributed by atoms with Crippen molar-refractivity contribution >= 4 is 37.5 Å². The van der Waals surface area contributed by atoms with Crippen LogP contribution in [0.3, 0.4) is 0 Å². The van der Waals surface area contributed by atoms with E-state index in [4.69, 9.17) is 0 Å². The molecule has 0 unspecified atom stereocenters. The highest BCUT2D eigenvalue weighted by Gasteiger charge is 2.13. The average Bonchev–Trinajstić information content (AvgIpc) is 2.96. The molecule has 0 atom stereocenters. The molecule has 0 aliphatic heterocycles. The fourth-order valence-corrected chi connectivity index (χ4v) is 3.83. The molecule has 134 valence electrons. The average molecular weight is 426 g/mol. The van der Waals surface area contributed by atoms with Crippen molar-refractivity contribution in [2.24, 2.45) is 0 Å². The Hall–Kier alpha value is -1.90. The van der Waals surface area contributed by atoms with Gasteiger partial charge in [-0.05, 0) is 46.6 Å². The molecule has 0 fully saturated rings. The largest absolute Gasteiger partial charge is 0.343 e. The summed E-state index contributed by atoms with van der Waals surface area (Å²) < 4.78 is 28.8. The number of hydrogen-bond acceptors (Lipinski definition) is 3. The molecule has 1 aromatic carbocycles. The van der Waals surface area contributed by atoms with Gasteiger partial charge in [-0.15, -0.1) is 6.58 Å². The van der Waals surface area contributed by atoms with Crippen LogP contribution in [-0.2, 0) is 22.3 Å². The Bertz CT molecular complexity index is 858. The van der Waals surface area contributed by atoms with Gasteiger partial charge in [-0.2, -0.15) is 0 Å². The van der Waals surface area contributed by atoms with E-state index in [2.05, 4.69) is 32.5 Å². The van der Waals surface area contributed by atoms with Crippen molar-refractivity contribution in [3.8, 4) is 0 Å². The summed E-state index contributed by atoms with van der Waals surface area (Å²) in [7, 11) is -3.40. The van der Waals surface area contributed by atoms with Crippen LogP contribution in [0.2, 0.25) is 0 Å². The number of benzene rings is 1. The van der Waals surface area contributed by atoms with Crippen LogP contribution in [0.15, 0.2) is 53.7 Å². The molecule has 0 aliphatic rings. The Morgan fingerprint density at radius 3 is 2.60 bits per heavy atom. The van der Waals surface area contributed by atoms with Crippen molar-refractivity contribution in [2.75, 3.05) is 11.9 Å². The minimum atomic E-state index is -3.40. The molecule has 0 radical (unpaired) electrons. The molecule has 8 heteroatoms. The van der Waals surface area contributed by atoms with Crippen molar-refractivity contribution < 1.29 is 13.2 Å². The number of aryl methyl sites for hydroxylation is 1. The third kappa shape index (κ3) is 5.55. The first kappa shape index (κ1) is 19.4. The predicted octanol–water partition coefficient (Wildman–Crippen LogP) is 3.13. The van der Waals surface area contributed by atoms with Crippen molar-refractivity contribution in [1.29, 1.82) is 0 Å². The van der Waals surface area contributed by atoms with E-state index >= 15 is 0 Å². The van der Waals surface area contributed by atoms with E-state index in [1.807, 2.05) is 17.7 Å². The third-order valence-corrected chi connectivity index (χ3v) is 5.21. The summed E-state index contributed by atoms with van der Waals surface area (Å²) in [5.74, 6) is -0.346. The maximum Gasteiger partial charge on any atom is 0.272 e. The van der Waals surface area contributed by atoms with Gasteiger partial charge in [0, 0.05) is 29.4 Å². The summed E-state index contributed by atoms with van der Waals surface area (Å²) in [5, 5.41) is 2.81. The molecule has 6 nitrogen and oxygen atoms in total. The van der Waals surface area contributed by atoms with Crippen LogP contribution in [0.1, 0.15) is 23.0 Å². The minimum Gasteiger partial charge on any atom is -0.343 e. The summed E-state index contributed by atoms with van der Waals surface area (Å²) in [6.45, 7) is 6.32. The lowest BCUT2D eigenvalue weighted by atomic mass is 10.2. The quantitative estimate of drug-likeness (QED) is 0.637. The second-order valence-corrected chi connectivity index (χ2v) is 8.10. The first-order valence-electron chi connectivity index (χ1n) is 7.69. The number of hydrogen-bond donors (Lipinski definition) is 2. The third-order valence-electron chi connectivity index (χ3n) is 3.45. The number of carbonyl (C=O) groups excluding carboxylic acids is 1. The van der Waals surface area contributed by atoms with Crippen LogP contribution in [0.5, 0.6) is 0 Å². The topological polar surface area (TPSA) is 80.2 Å². The lowest BCUT2D eigenvalue weighted by Gasteiger charge is -2.09. The van der Waals surface area contributed by atoms with E-state index in [-0.39, 0.29) is 18.2 Å². The normalized spacial score (nSPS) is 11.3. The number of aromatic nitrogens is 1. The molecule has 2 N–H and O–H groups in total. The van der Waals surface area contributed by atoms with Gasteiger partial charge in [0.1, 0.15) is 5.69 Å². The highest BCUT2D eigenvalue weighted by atomic mass is 79.9. The number of nitrogens with one attached hydrogen (secondary N) is 2. The van der Waals surface area contributed by atoms with Gasteiger partial charge in [-0.1, -0.05) is 18.2 Å². The van der Waals surface area contributed by atoms with Crippen LogP contribution in [0.25, 0.3) is 0 Å². The lowest BCUT2D eigenvalue weighted by molar-refractivity contribution is 0.101. The van der Waals surface area contributed by atoms with Crippen molar-refractivity contribution in [3.63, 3.8) is 0 Å². The fourth-order valence-electron chi connectivity index (χ4n) is 2.26. The highest BCUT2D eigenvalue weighted by molar-refractivity contribution is 9.10. The van der Waals surface area contributed by atoms with E-state index in [1.54, 1.807) is 30.3 Å². The molecular weight excluding hydrogens is 406 g/mol. The molecule has 2 rings (SSSR count). The smallest absolute Gasteiger partial charge is 0.272 e. The first-order valence-corrected chi connectivity index (χ1v) is 10.1. The standard InChI is InChI=1S/C17H20BrN3O3S/c1-3-9-19-25(23,24)12-13-5-7-15(8-6-13)20-17(22)16-10-14(18)11-21(16)4-2/h3,5-8,10-11,19H,1,4,9,12H2,2H3,(H,20,22). The first-order chi connectivity index (χ1) is 11.8. The number of rotatable bonds is 8. The zero-order chi connectivity index (χ0) is 18.4. The molecule has 0 saturated carbocycles. The molecule has 0 spiro atoms. The molecule has 0 aliphatic carbocycles. The molecule has 1 aromatic heterocycles. The van der Waals surface area contributed by atoms with Crippen LogP contribution >= 0.6 is 15.9 Å². The Kier molecular flexibility index (Phi) is 6.57. The van der Waals surface area contributed by atoms with Crippen molar-refractivity contribution in [3.05, 3.63) is 64.9 Å². The number of nitrogens with zero attached hydrogens (tertiary/aromatic N) is 1. The Balaban J connectivity index is 2.05. The van der Waals surface area contributed by atoms with Gasteiger partial charge in [0.15, 0.2) is 0 Å². The predicted molar refractivity (Wildman–Crippen MR) is 103 cm³/mol. The molecule has 0 bridgehead atoms. The summed E-state index contributed by atoms with van der Waals surface area (Å²) in [4.78, 5) is 12.4. The number of amides is 1. The Labute approximate surface area is 156 Å². The zero-order valence-electron chi connectivity index (χ0n) is 13.8. The second kappa shape index (κ2) is 8.46. The van der Waals surface area contributed by atoms with Gasteiger partial charge in [0.05, 0.1) is 5.75 Å². The number of carbonyl (C=O) groups is 1. The molecule has 25 heavy (non-hydrogen) atoms. The zero-order valence-corrected chi connectivity index (χ0v) is 16.2. The summed E-state index contributed by atoms with van der Waals surface area (Å²) in [6.07, 6.45) is 3.33. The van der Waals surface area contributed by atoms with Crippen LogP contribution in [0.4, 0.5) is 5.69 Å². The summed E-state index contributed by atoms with van der Waals surface area (Å²) in [5.41, 5.74) is 1.79. The molecular formula is C17H20BrN3O3S. The Morgan fingerprint density at radius 1 is 1.32 bits per heavy atom. The van der Waals surface area contributed by atoms with Crippen LogP contribution < -0.4 is 10.0 Å². The van der Waals surface area contributed by atoms with E-state index in [0.717, 1.165) is 4.47 Å². The SMILES string of the molecule is C=CCNS(=O)(=O)Cc1ccc(NC(=O)c2cc(Br)cn2CC)cc1. The minimum absolute atomic E-state index is 0.124. The van der Waals surface area contributed by atoms with Gasteiger partial charge >= 0.3 is 0 Å². The van der Waals surface area contributed by atoms with Crippen molar-refractivity contribution in [2.45, 2.75) is 19.2 Å². The van der Waals surface area contributed by atoms with Crippen molar-refractivity contribution in [1.82, 2.24) is 9.29 Å². The summed E-state index contributed by atoms with van der Waals surface area (Å²) >= 11 is 3.36. The van der Waals surface area contributed by atoms with E-state index in [9.17, 15) is 13.2 Å². The molecule has 0 saturated heterocycles. The number of sulfonamides is 1. The highest BCUT2D eigenvalue weighted by Crippen LogP contribution is 2.17. The van der Waals surface area contributed by atoms with Gasteiger partial charge in [-0.3, -0.25) is 4.79 Å². The second-order valence-electron chi connectivity index (χ2n) is 5.38. The lowest BCUT2D eigenvalue weighted by Crippen LogP contribution is -2.25. The molecule has 2 aromatic rings.